The lowest BCUT2D eigenvalue weighted by atomic mass is 10.2. The lowest BCUT2D eigenvalue weighted by molar-refractivity contribution is 0.240. The molecular weight excluding hydrogens is 290 g/mol. The zero-order valence-electron chi connectivity index (χ0n) is 12.4. The van der Waals surface area contributed by atoms with Gasteiger partial charge in [0.05, 0.1) is 0 Å². The normalized spacial score (nSPS) is 10.8. The zero-order valence-corrected chi connectivity index (χ0v) is 13.1. The first kappa shape index (κ1) is 15.8. The lowest BCUT2D eigenvalue weighted by Crippen LogP contribution is -2.13. The van der Waals surface area contributed by atoms with Crippen molar-refractivity contribution in [2.24, 2.45) is 0 Å². The molecule has 0 aliphatic rings. The highest BCUT2D eigenvalue weighted by atomic mass is 35.5. The van der Waals surface area contributed by atoms with E-state index in [4.69, 9.17) is 20.9 Å². The third-order valence-electron chi connectivity index (χ3n) is 2.92. The maximum Gasteiger partial charge on any atom is 0.264 e. The van der Waals surface area contributed by atoms with Crippen LogP contribution in [0.25, 0.3) is 0 Å². The largest absolute Gasteiger partial charge is 0.483 e. The van der Waals surface area contributed by atoms with Gasteiger partial charge in [-0.3, -0.25) is 0 Å². The summed E-state index contributed by atoms with van der Waals surface area (Å²) in [5.74, 6) is 1.98. The van der Waals surface area contributed by atoms with Gasteiger partial charge in [0.15, 0.2) is 12.4 Å². The molecule has 0 aliphatic heterocycles. The van der Waals surface area contributed by atoms with Gasteiger partial charge in [-0.15, -0.1) is 0 Å². The first-order valence-electron chi connectivity index (χ1n) is 7.16. The Balaban J connectivity index is 2.00. The second-order valence-electron chi connectivity index (χ2n) is 4.68. The minimum absolute atomic E-state index is 0.261. The van der Waals surface area contributed by atoms with Crippen molar-refractivity contribution >= 4 is 11.6 Å². The Bertz CT molecular complexity index is 572. The highest BCUT2D eigenvalue weighted by Crippen LogP contribution is 2.23. The van der Waals surface area contributed by atoms with Gasteiger partial charge in [0, 0.05) is 23.6 Å². The average molecular weight is 310 g/mol. The molecule has 0 spiro atoms. The molecule has 0 saturated heterocycles. The first-order valence-corrected chi connectivity index (χ1v) is 7.54. The van der Waals surface area contributed by atoms with Crippen molar-refractivity contribution in [3.63, 3.8) is 0 Å². The number of aromatic nitrogens is 2. The summed E-state index contributed by atoms with van der Waals surface area (Å²) in [6, 6.07) is 5.57. The van der Waals surface area contributed by atoms with E-state index in [-0.39, 0.29) is 6.61 Å². The van der Waals surface area contributed by atoms with E-state index in [0.717, 1.165) is 36.5 Å². The van der Waals surface area contributed by atoms with Gasteiger partial charge in [-0.2, -0.15) is 4.98 Å². The molecule has 0 saturated carbocycles. The van der Waals surface area contributed by atoms with Crippen LogP contribution in [-0.4, -0.2) is 16.7 Å². The molecule has 0 aliphatic carbocycles. The Morgan fingerprint density at radius 1 is 1.33 bits per heavy atom. The fourth-order valence-electron chi connectivity index (χ4n) is 1.90. The molecule has 114 valence electrons. The van der Waals surface area contributed by atoms with Crippen LogP contribution in [-0.2, 0) is 19.6 Å². The van der Waals surface area contributed by atoms with Crippen molar-refractivity contribution in [1.82, 2.24) is 15.5 Å². The monoisotopic (exact) mass is 309 g/mol. The Morgan fingerprint density at radius 3 is 2.95 bits per heavy atom. The van der Waals surface area contributed by atoms with Crippen LogP contribution in [0, 0.1) is 0 Å². The van der Waals surface area contributed by atoms with Crippen LogP contribution in [0.1, 0.15) is 37.5 Å². The second-order valence-corrected chi connectivity index (χ2v) is 5.11. The van der Waals surface area contributed by atoms with Crippen molar-refractivity contribution in [3.05, 3.63) is 40.5 Å². The standard InChI is InChI=1S/C15H20ClN3O2/c1-3-5-14-18-15(21-19-14)10-20-13-7-6-12(16)8-11(13)9-17-4-2/h6-8,17H,3-5,9-10H2,1-2H3. The van der Waals surface area contributed by atoms with Crippen molar-refractivity contribution < 1.29 is 9.26 Å². The molecule has 0 bridgehead atoms. The predicted octanol–water partition coefficient (Wildman–Crippen LogP) is 3.36. The number of hydrogen-bond donors (Lipinski definition) is 1. The minimum Gasteiger partial charge on any atom is -0.483 e. The van der Waals surface area contributed by atoms with E-state index in [1.54, 1.807) is 0 Å². The Hall–Kier alpha value is -1.59. The highest BCUT2D eigenvalue weighted by Gasteiger charge is 2.09. The molecule has 1 aromatic heterocycles. The third kappa shape index (κ3) is 4.72. The van der Waals surface area contributed by atoms with Crippen LogP contribution in [0.5, 0.6) is 5.75 Å². The number of benzene rings is 1. The van der Waals surface area contributed by atoms with Crippen molar-refractivity contribution in [2.75, 3.05) is 6.54 Å². The van der Waals surface area contributed by atoms with Gasteiger partial charge in [-0.25, -0.2) is 0 Å². The van der Waals surface area contributed by atoms with E-state index in [2.05, 4.69) is 29.3 Å². The Morgan fingerprint density at radius 2 is 2.19 bits per heavy atom. The first-order chi connectivity index (χ1) is 10.2. The molecule has 2 rings (SSSR count). The summed E-state index contributed by atoms with van der Waals surface area (Å²) in [4.78, 5) is 4.28. The van der Waals surface area contributed by atoms with E-state index in [9.17, 15) is 0 Å². The number of aryl methyl sites for hydroxylation is 1. The van der Waals surface area contributed by atoms with Crippen molar-refractivity contribution in [1.29, 1.82) is 0 Å². The smallest absolute Gasteiger partial charge is 0.264 e. The molecule has 2 aromatic rings. The van der Waals surface area contributed by atoms with Crippen LogP contribution in [0.15, 0.2) is 22.7 Å². The third-order valence-corrected chi connectivity index (χ3v) is 3.16. The summed E-state index contributed by atoms with van der Waals surface area (Å²) in [6.45, 7) is 5.98. The summed E-state index contributed by atoms with van der Waals surface area (Å²) in [7, 11) is 0. The van der Waals surface area contributed by atoms with Gasteiger partial charge >= 0.3 is 0 Å². The number of hydrogen-bond acceptors (Lipinski definition) is 5. The van der Waals surface area contributed by atoms with Crippen LogP contribution in [0.2, 0.25) is 5.02 Å². The fourth-order valence-corrected chi connectivity index (χ4v) is 2.09. The molecule has 6 heteroatoms. The van der Waals surface area contributed by atoms with Gasteiger partial charge in [0.2, 0.25) is 0 Å². The van der Waals surface area contributed by atoms with Gasteiger partial charge in [-0.05, 0) is 31.2 Å². The molecule has 0 radical (unpaired) electrons. The summed E-state index contributed by atoms with van der Waals surface area (Å²) in [6.07, 6.45) is 1.81. The number of ether oxygens (including phenoxy) is 1. The van der Waals surface area contributed by atoms with Gasteiger partial charge in [0.25, 0.3) is 5.89 Å². The fraction of sp³-hybridized carbons (Fsp3) is 0.467. The topological polar surface area (TPSA) is 60.2 Å². The predicted molar refractivity (Wildman–Crippen MR) is 81.5 cm³/mol. The number of nitrogens with zero attached hydrogens (tertiary/aromatic N) is 2. The molecule has 1 heterocycles. The van der Waals surface area contributed by atoms with Crippen LogP contribution < -0.4 is 10.1 Å². The lowest BCUT2D eigenvalue weighted by Gasteiger charge is -2.10. The molecule has 21 heavy (non-hydrogen) atoms. The summed E-state index contributed by atoms with van der Waals surface area (Å²) in [5, 5.41) is 7.86. The van der Waals surface area contributed by atoms with E-state index >= 15 is 0 Å². The second kappa shape index (κ2) is 8.00. The van der Waals surface area contributed by atoms with Gasteiger partial charge in [-0.1, -0.05) is 30.6 Å². The molecule has 1 N–H and O–H groups in total. The average Bonchev–Trinajstić information content (AvgIpc) is 2.92. The SMILES string of the molecule is CCCc1noc(COc2ccc(Cl)cc2CNCC)n1. The quantitative estimate of drug-likeness (QED) is 0.810. The highest BCUT2D eigenvalue weighted by molar-refractivity contribution is 6.30. The molecule has 1 aromatic carbocycles. The van der Waals surface area contributed by atoms with Crippen LogP contribution >= 0.6 is 11.6 Å². The number of halogens is 1. The van der Waals surface area contributed by atoms with E-state index < -0.39 is 0 Å². The summed E-state index contributed by atoms with van der Waals surface area (Å²) >= 11 is 6.03. The summed E-state index contributed by atoms with van der Waals surface area (Å²) < 4.78 is 10.9. The Kier molecular flexibility index (Phi) is 6.02. The van der Waals surface area contributed by atoms with Crippen LogP contribution in [0.4, 0.5) is 0 Å². The van der Waals surface area contributed by atoms with E-state index in [1.165, 1.54) is 0 Å². The minimum atomic E-state index is 0.261. The molecule has 0 unspecified atom stereocenters. The maximum atomic E-state index is 6.03. The van der Waals surface area contributed by atoms with Crippen LogP contribution in [0.3, 0.4) is 0 Å². The molecule has 0 atom stereocenters. The molecule has 0 fully saturated rings. The summed E-state index contributed by atoms with van der Waals surface area (Å²) in [5.41, 5.74) is 1.01. The molecule has 5 nitrogen and oxygen atoms in total. The van der Waals surface area contributed by atoms with E-state index in [0.29, 0.717) is 17.5 Å². The maximum absolute atomic E-state index is 6.03. The van der Waals surface area contributed by atoms with Crippen molar-refractivity contribution in [2.45, 2.75) is 39.8 Å². The molecule has 0 amide bonds. The molecular formula is C15H20ClN3O2. The number of nitrogens with one attached hydrogen (secondary N) is 1. The van der Waals surface area contributed by atoms with E-state index in [1.807, 2.05) is 18.2 Å². The Labute approximate surface area is 129 Å². The van der Waals surface area contributed by atoms with Crippen molar-refractivity contribution in [3.8, 4) is 5.75 Å². The van der Waals surface area contributed by atoms with Gasteiger partial charge in [0.1, 0.15) is 5.75 Å². The zero-order chi connectivity index (χ0) is 15.1. The number of rotatable bonds is 8. The van der Waals surface area contributed by atoms with Gasteiger partial charge < -0.3 is 14.6 Å².